The summed E-state index contributed by atoms with van der Waals surface area (Å²) in [6, 6.07) is 19.5. The maximum Gasteiger partial charge on any atom is 0.254 e. The van der Waals surface area contributed by atoms with Gasteiger partial charge >= 0.3 is 0 Å². The Bertz CT molecular complexity index is 1090. The largest absolute Gasteiger partial charge is 0.436 e. The van der Waals surface area contributed by atoms with Crippen molar-refractivity contribution in [2.75, 3.05) is 0 Å². The van der Waals surface area contributed by atoms with Crippen LogP contribution >= 0.6 is 0 Å². The molecule has 0 aliphatic carbocycles. The van der Waals surface area contributed by atoms with Crippen LogP contribution in [0.5, 0.6) is 11.6 Å². The van der Waals surface area contributed by atoms with Gasteiger partial charge in [-0.05, 0) is 32.0 Å². The average Bonchev–Trinajstić information content (AvgIpc) is 3.02. The molecule has 2 aromatic carbocycles. The average molecular weight is 360 g/mol. The topological polar surface area (TPSA) is 52.8 Å². The van der Waals surface area contributed by atoms with E-state index in [0.717, 1.165) is 17.0 Å². The maximum absolute atomic E-state index is 14.0. The van der Waals surface area contributed by atoms with Crippen LogP contribution in [-0.4, -0.2) is 19.7 Å². The molecule has 6 heteroatoms. The number of halogens is 1. The van der Waals surface area contributed by atoms with Crippen LogP contribution < -0.4 is 4.74 Å². The van der Waals surface area contributed by atoms with Gasteiger partial charge in [-0.15, -0.1) is 0 Å². The number of aryl methyl sites for hydroxylation is 2. The van der Waals surface area contributed by atoms with Crippen LogP contribution in [0.2, 0.25) is 0 Å². The summed E-state index contributed by atoms with van der Waals surface area (Å²) in [5, 5.41) is 4.44. The van der Waals surface area contributed by atoms with Crippen molar-refractivity contribution in [1.82, 2.24) is 19.7 Å². The number of ether oxygens (including phenoxy) is 1. The molecule has 4 aromatic rings. The van der Waals surface area contributed by atoms with E-state index in [-0.39, 0.29) is 11.6 Å². The Morgan fingerprint density at radius 3 is 2.33 bits per heavy atom. The first-order chi connectivity index (χ1) is 13.1. The van der Waals surface area contributed by atoms with Gasteiger partial charge in [-0.3, -0.25) is 0 Å². The van der Waals surface area contributed by atoms with Crippen LogP contribution in [0.1, 0.15) is 11.4 Å². The first kappa shape index (κ1) is 16.9. The van der Waals surface area contributed by atoms with Crippen molar-refractivity contribution in [2.24, 2.45) is 0 Å². The van der Waals surface area contributed by atoms with E-state index < -0.39 is 5.82 Å². The molecule has 0 saturated heterocycles. The van der Waals surface area contributed by atoms with E-state index in [1.54, 1.807) is 28.9 Å². The molecule has 2 aromatic heterocycles. The van der Waals surface area contributed by atoms with E-state index in [0.29, 0.717) is 11.6 Å². The summed E-state index contributed by atoms with van der Waals surface area (Å²) in [7, 11) is 0. The smallest absolute Gasteiger partial charge is 0.254 e. The molecule has 2 heterocycles. The summed E-state index contributed by atoms with van der Waals surface area (Å²) >= 11 is 0. The van der Waals surface area contributed by atoms with Gasteiger partial charge in [0, 0.05) is 17.3 Å². The number of aromatic nitrogens is 4. The fourth-order valence-electron chi connectivity index (χ4n) is 2.79. The van der Waals surface area contributed by atoms with E-state index in [4.69, 9.17) is 4.74 Å². The highest BCUT2D eigenvalue weighted by molar-refractivity contribution is 5.60. The second-order valence-electron chi connectivity index (χ2n) is 6.13. The Balaban J connectivity index is 1.84. The third-order valence-corrected chi connectivity index (χ3v) is 4.01. The highest BCUT2D eigenvalue weighted by Crippen LogP contribution is 2.27. The fraction of sp³-hybridized carbons (Fsp3) is 0.0952. The Labute approximate surface area is 156 Å². The molecule has 134 valence electrons. The van der Waals surface area contributed by atoms with Gasteiger partial charge in [0.1, 0.15) is 0 Å². The first-order valence-electron chi connectivity index (χ1n) is 8.51. The van der Waals surface area contributed by atoms with Crippen molar-refractivity contribution in [1.29, 1.82) is 0 Å². The van der Waals surface area contributed by atoms with Crippen LogP contribution in [0.25, 0.3) is 17.2 Å². The van der Waals surface area contributed by atoms with Crippen molar-refractivity contribution >= 4 is 0 Å². The monoisotopic (exact) mass is 360 g/mol. The van der Waals surface area contributed by atoms with E-state index in [1.807, 2.05) is 50.2 Å². The number of benzene rings is 2. The van der Waals surface area contributed by atoms with Crippen LogP contribution in [0, 0.1) is 19.7 Å². The summed E-state index contributed by atoms with van der Waals surface area (Å²) in [4.78, 5) is 9.07. The molecule has 0 spiro atoms. The van der Waals surface area contributed by atoms with Crippen molar-refractivity contribution in [3.63, 3.8) is 0 Å². The Morgan fingerprint density at radius 1 is 0.889 bits per heavy atom. The molecule has 0 N–H and O–H groups in total. The summed E-state index contributed by atoms with van der Waals surface area (Å²) < 4.78 is 21.4. The van der Waals surface area contributed by atoms with Gasteiger partial charge in [-0.1, -0.05) is 42.5 Å². The lowest BCUT2D eigenvalue weighted by Crippen LogP contribution is -2.07. The lowest BCUT2D eigenvalue weighted by atomic mass is 10.1. The summed E-state index contributed by atoms with van der Waals surface area (Å²) in [5.74, 6) is 0.268. The van der Waals surface area contributed by atoms with Gasteiger partial charge in [0.25, 0.3) is 5.95 Å². The lowest BCUT2D eigenvalue weighted by molar-refractivity contribution is 0.425. The number of hydrogen-bond donors (Lipinski definition) is 0. The summed E-state index contributed by atoms with van der Waals surface area (Å²) in [6.45, 7) is 3.83. The quantitative estimate of drug-likeness (QED) is 0.521. The van der Waals surface area contributed by atoms with E-state index in [9.17, 15) is 4.39 Å². The first-order valence-corrected chi connectivity index (χ1v) is 8.51. The molecule has 4 rings (SSSR count). The van der Waals surface area contributed by atoms with Gasteiger partial charge in [-0.2, -0.15) is 10.1 Å². The van der Waals surface area contributed by atoms with Crippen LogP contribution in [-0.2, 0) is 0 Å². The standard InChI is InChI=1S/C21H17FN4O/c1-14-12-15(2)26(25-14)21-23-18(16-8-4-3-5-9-16)13-20(24-21)27-19-11-7-6-10-17(19)22/h3-13H,1-2H3. The molecule has 0 unspecified atom stereocenters. The minimum atomic E-state index is -0.454. The lowest BCUT2D eigenvalue weighted by Gasteiger charge is -2.11. The highest BCUT2D eigenvalue weighted by Gasteiger charge is 2.14. The number of rotatable bonds is 4. The highest BCUT2D eigenvalue weighted by atomic mass is 19.1. The predicted octanol–water partition coefficient (Wildman–Crippen LogP) is 4.88. The van der Waals surface area contributed by atoms with Gasteiger partial charge in [0.2, 0.25) is 5.88 Å². The van der Waals surface area contributed by atoms with Gasteiger partial charge in [0.05, 0.1) is 11.4 Å². The molecule has 0 aliphatic rings. The number of para-hydroxylation sites is 1. The fourth-order valence-corrected chi connectivity index (χ4v) is 2.79. The second-order valence-corrected chi connectivity index (χ2v) is 6.13. The molecular weight excluding hydrogens is 343 g/mol. The molecule has 27 heavy (non-hydrogen) atoms. The molecule has 0 aliphatic heterocycles. The zero-order valence-electron chi connectivity index (χ0n) is 14.9. The van der Waals surface area contributed by atoms with Crippen LogP contribution in [0.15, 0.2) is 66.7 Å². The molecule has 5 nitrogen and oxygen atoms in total. The van der Waals surface area contributed by atoms with E-state index >= 15 is 0 Å². The molecular formula is C21H17FN4O. The van der Waals surface area contributed by atoms with Crippen molar-refractivity contribution in [2.45, 2.75) is 13.8 Å². The summed E-state index contributed by atoms with van der Waals surface area (Å²) in [6.07, 6.45) is 0. The van der Waals surface area contributed by atoms with E-state index in [2.05, 4.69) is 15.1 Å². The minimum absolute atomic E-state index is 0.106. The van der Waals surface area contributed by atoms with Gasteiger partial charge in [-0.25, -0.2) is 14.1 Å². The minimum Gasteiger partial charge on any atom is -0.436 e. The molecule has 0 atom stereocenters. The number of hydrogen-bond acceptors (Lipinski definition) is 4. The molecule has 0 fully saturated rings. The van der Waals surface area contributed by atoms with Crippen molar-refractivity contribution in [3.8, 4) is 28.8 Å². The van der Waals surface area contributed by atoms with Crippen molar-refractivity contribution in [3.05, 3.63) is 83.9 Å². The van der Waals surface area contributed by atoms with Gasteiger partial charge in [0.15, 0.2) is 11.6 Å². The van der Waals surface area contributed by atoms with Gasteiger partial charge < -0.3 is 4.74 Å². The Hall–Kier alpha value is -3.54. The molecule has 0 bridgehead atoms. The van der Waals surface area contributed by atoms with Crippen LogP contribution in [0.3, 0.4) is 0 Å². The van der Waals surface area contributed by atoms with E-state index in [1.165, 1.54) is 6.07 Å². The predicted molar refractivity (Wildman–Crippen MR) is 101 cm³/mol. The zero-order valence-corrected chi connectivity index (χ0v) is 14.9. The number of nitrogens with zero attached hydrogens (tertiary/aromatic N) is 4. The second kappa shape index (κ2) is 6.99. The normalized spacial score (nSPS) is 10.8. The summed E-state index contributed by atoms with van der Waals surface area (Å²) in [5.41, 5.74) is 3.33. The van der Waals surface area contributed by atoms with Crippen molar-refractivity contribution < 1.29 is 9.13 Å². The Kier molecular flexibility index (Phi) is 4.38. The molecule has 0 amide bonds. The SMILES string of the molecule is Cc1cc(C)n(-c2nc(Oc3ccccc3F)cc(-c3ccccc3)n2)n1. The Morgan fingerprint density at radius 2 is 1.63 bits per heavy atom. The molecule has 0 radical (unpaired) electrons. The third-order valence-electron chi connectivity index (χ3n) is 4.01. The molecule has 0 saturated carbocycles. The third kappa shape index (κ3) is 3.55. The maximum atomic E-state index is 14.0. The zero-order chi connectivity index (χ0) is 18.8. The van der Waals surface area contributed by atoms with Crippen LogP contribution in [0.4, 0.5) is 4.39 Å².